The predicted octanol–water partition coefficient (Wildman–Crippen LogP) is 4.37. The molecule has 116 valence electrons. The topological polar surface area (TPSA) is 44.9 Å². The first-order chi connectivity index (χ1) is 11.1. The van der Waals surface area contributed by atoms with Crippen LogP contribution in [0.3, 0.4) is 0 Å². The van der Waals surface area contributed by atoms with Crippen molar-refractivity contribution in [3.05, 3.63) is 69.3 Å². The van der Waals surface area contributed by atoms with Crippen LogP contribution < -0.4 is 5.32 Å². The summed E-state index contributed by atoms with van der Waals surface area (Å²) in [4.78, 5) is 15.8. The zero-order valence-electron chi connectivity index (χ0n) is 12.2. The van der Waals surface area contributed by atoms with E-state index in [4.69, 9.17) is 23.2 Å². The highest BCUT2D eigenvalue weighted by molar-refractivity contribution is 6.42. The second kappa shape index (κ2) is 5.59. The van der Waals surface area contributed by atoms with Crippen LogP contribution >= 0.6 is 23.2 Å². The van der Waals surface area contributed by atoms with E-state index in [2.05, 4.69) is 22.4 Å². The number of aromatic amines is 1. The fourth-order valence-electron chi connectivity index (χ4n) is 3.24. The van der Waals surface area contributed by atoms with E-state index in [1.807, 2.05) is 12.1 Å². The minimum Gasteiger partial charge on any atom is -0.358 e. The lowest BCUT2D eigenvalue weighted by molar-refractivity contribution is 0.0938. The van der Waals surface area contributed by atoms with Crippen molar-refractivity contribution in [1.82, 2.24) is 10.3 Å². The van der Waals surface area contributed by atoms with Gasteiger partial charge in [0.1, 0.15) is 0 Å². The van der Waals surface area contributed by atoms with Crippen LogP contribution in [0.25, 0.3) is 10.9 Å². The van der Waals surface area contributed by atoms with E-state index in [0.29, 0.717) is 15.6 Å². The number of fused-ring (bicyclic) bond motifs is 3. The maximum Gasteiger partial charge on any atom is 0.251 e. The summed E-state index contributed by atoms with van der Waals surface area (Å²) in [6.45, 7) is 0. The highest BCUT2D eigenvalue weighted by Gasteiger charge is 2.26. The van der Waals surface area contributed by atoms with E-state index >= 15 is 0 Å². The molecule has 1 aliphatic carbocycles. The maximum atomic E-state index is 12.4. The molecule has 3 nitrogen and oxygen atoms in total. The van der Waals surface area contributed by atoms with Crippen molar-refractivity contribution in [2.24, 2.45) is 0 Å². The average Bonchev–Trinajstić information content (AvgIpc) is 3.07. The number of carbonyl (C=O) groups is 1. The van der Waals surface area contributed by atoms with Gasteiger partial charge in [-0.15, -0.1) is 0 Å². The maximum absolute atomic E-state index is 12.4. The lowest BCUT2D eigenvalue weighted by Gasteiger charge is -2.13. The second-order valence-electron chi connectivity index (χ2n) is 5.84. The van der Waals surface area contributed by atoms with Crippen molar-refractivity contribution in [3.8, 4) is 0 Å². The molecule has 0 fully saturated rings. The van der Waals surface area contributed by atoms with Gasteiger partial charge in [-0.3, -0.25) is 4.79 Å². The van der Waals surface area contributed by atoms with Crippen LogP contribution in [0.15, 0.2) is 42.5 Å². The Bertz CT molecular complexity index is 917. The van der Waals surface area contributed by atoms with Gasteiger partial charge in [-0.25, -0.2) is 0 Å². The van der Waals surface area contributed by atoms with Gasteiger partial charge in [-0.2, -0.15) is 0 Å². The summed E-state index contributed by atoms with van der Waals surface area (Å²) in [6, 6.07) is 13.3. The van der Waals surface area contributed by atoms with E-state index in [1.54, 1.807) is 18.2 Å². The Morgan fingerprint density at radius 1 is 1.09 bits per heavy atom. The van der Waals surface area contributed by atoms with Crippen LogP contribution in [-0.4, -0.2) is 16.9 Å². The molecule has 0 saturated carbocycles. The number of halogens is 2. The van der Waals surface area contributed by atoms with Crippen LogP contribution in [0.1, 0.15) is 21.6 Å². The Kier molecular flexibility index (Phi) is 3.55. The van der Waals surface area contributed by atoms with Gasteiger partial charge in [0.2, 0.25) is 0 Å². The fraction of sp³-hybridized carbons (Fsp3) is 0.167. The van der Waals surface area contributed by atoms with E-state index in [1.165, 1.54) is 16.6 Å². The number of carbonyl (C=O) groups excluding carboxylic acids is 1. The van der Waals surface area contributed by atoms with Crippen molar-refractivity contribution in [1.29, 1.82) is 0 Å². The molecule has 1 unspecified atom stereocenters. The minimum absolute atomic E-state index is 0.0998. The highest BCUT2D eigenvalue weighted by atomic mass is 35.5. The Morgan fingerprint density at radius 3 is 2.74 bits per heavy atom. The Balaban J connectivity index is 1.52. The molecule has 1 aliphatic rings. The number of H-pyrrole nitrogens is 1. The minimum atomic E-state index is -0.122. The SMILES string of the molecule is O=C(NC1Cc2[nH]c3ccccc3c2C1)c1ccc(Cl)c(Cl)c1. The molecule has 3 aromatic rings. The summed E-state index contributed by atoms with van der Waals surface area (Å²) < 4.78 is 0. The molecule has 1 aromatic heterocycles. The number of hydrogen-bond donors (Lipinski definition) is 2. The number of rotatable bonds is 2. The van der Waals surface area contributed by atoms with Gasteiger partial charge in [-0.1, -0.05) is 41.4 Å². The molecule has 4 rings (SSSR count). The quantitative estimate of drug-likeness (QED) is 0.712. The van der Waals surface area contributed by atoms with Crippen molar-refractivity contribution in [2.45, 2.75) is 18.9 Å². The number of amides is 1. The first-order valence-corrected chi connectivity index (χ1v) is 8.22. The molecule has 1 heterocycles. The molecule has 1 amide bonds. The average molecular weight is 345 g/mol. The largest absolute Gasteiger partial charge is 0.358 e. The standard InChI is InChI=1S/C18H14Cl2N2O/c19-14-6-5-10(7-15(14)20)18(23)21-11-8-13-12-3-1-2-4-16(12)22-17(13)9-11/h1-7,11,22H,8-9H2,(H,21,23). The third-order valence-corrected chi connectivity index (χ3v) is 5.06. The Morgan fingerprint density at radius 2 is 1.91 bits per heavy atom. The number of para-hydroxylation sites is 1. The lowest BCUT2D eigenvalue weighted by atomic mass is 10.1. The van der Waals surface area contributed by atoms with Crippen molar-refractivity contribution < 1.29 is 4.79 Å². The molecular weight excluding hydrogens is 331 g/mol. The Hall–Kier alpha value is -1.97. The normalized spacial score (nSPS) is 16.5. The Labute approximate surface area is 143 Å². The molecule has 0 spiro atoms. The van der Waals surface area contributed by atoms with Crippen molar-refractivity contribution in [3.63, 3.8) is 0 Å². The van der Waals surface area contributed by atoms with Crippen molar-refractivity contribution >= 4 is 40.0 Å². The highest BCUT2D eigenvalue weighted by Crippen LogP contribution is 2.30. The lowest BCUT2D eigenvalue weighted by Crippen LogP contribution is -2.35. The fourth-order valence-corrected chi connectivity index (χ4v) is 3.53. The molecule has 0 saturated heterocycles. The van der Waals surface area contributed by atoms with Gasteiger partial charge >= 0.3 is 0 Å². The number of hydrogen-bond acceptors (Lipinski definition) is 1. The first kappa shape index (κ1) is 14.6. The molecule has 0 bridgehead atoms. The van der Waals surface area contributed by atoms with Crippen LogP contribution in [-0.2, 0) is 12.8 Å². The van der Waals surface area contributed by atoms with Crippen LogP contribution in [0.2, 0.25) is 10.0 Å². The summed E-state index contributed by atoms with van der Waals surface area (Å²) in [7, 11) is 0. The predicted molar refractivity (Wildman–Crippen MR) is 93.4 cm³/mol. The summed E-state index contributed by atoms with van der Waals surface area (Å²) in [5.74, 6) is -0.122. The second-order valence-corrected chi connectivity index (χ2v) is 6.65. The zero-order chi connectivity index (χ0) is 16.0. The third-order valence-electron chi connectivity index (χ3n) is 4.32. The summed E-state index contributed by atoms with van der Waals surface area (Å²) in [5.41, 5.74) is 4.21. The molecule has 0 radical (unpaired) electrons. The molecule has 5 heteroatoms. The van der Waals surface area contributed by atoms with Crippen molar-refractivity contribution in [2.75, 3.05) is 0 Å². The van der Waals surface area contributed by atoms with E-state index in [0.717, 1.165) is 18.4 Å². The molecule has 23 heavy (non-hydrogen) atoms. The van der Waals surface area contributed by atoms with Gasteiger partial charge in [0.15, 0.2) is 0 Å². The molecule has 1 atom stereocenters. The molecular formula is C18H14Cl2N2O. The van der Waals surface area contributed by atoms with Crippen LogP contribution in [0, 0.1) is 0 Å². The number of nitrogens with one attached hydrogen (secondary N) is 2. The number of aromatic nitrogens is 1. The van der Waals surface area contributed by atoms with Gasteiger partial charge in [0.25, 0.3) is 5.91 Å². The number of benzene rings is 2. The van der Waals surface area contributed by atoms with Gasteiger partial charge in [0.05, 0.1) is 10.0 Å². The third kappa shape index (κ3) is 2.60. The molecule has 0 aliphatic heterocycles. The van der Waals surface area contributed by atoms with Crippen LogP contribution in [0.5, 0.6) is 0 Å². The van der Waals surface area contributed by atoms with E-state index in [-0.39, 0.29) is 11.9 Å². The van der Waals surface area contributed by atoms with Gasteiger partial charge < -0.3 is 10.3 Å². The molecule has 2 aromatic carbocycles. The van der Waals surface area contributed by atoms with E-state index in [9.17, 15) is 4.79 Å². The first-order valence-electron chi connectivity index (χ1n) is 7.46. The van der Waals surface area contributed by atoms with Gasteiger partial charge in [-0.05, 0) is 36.2 Å². The van der Waals surface area contributed by atoms with Gasteiger partial charge in [0, 0.05) is 34.6 Å². The summed E-state index contributed by atoms with van der Waals surface area (Å²) in [5, 5.41) is 5.16. The summed E-state index contributed by atoms with van der Waals surface area (Å²) >= 11 is 11.9. The van der Waals surface area contributed by atoms with E-state index < -0.39 is 0 Å². The zero-order valence-corrected chi connectivity index (χ0v) is 13.7. The monoisotopic (exact) mass is 344 g/mol. The van der Waals surface area contributed by atoms with Crippen LogP contribution in [0.4, 0.5) is 0 Å². The smallest absolute Gasteiger partial charge is 0.251 e. The molecule has 2 N–H and O–H groups in total. The summed E-state index contributed by atoms with van der Waals surface area (Å²) in [6.07, 6.45) is 1.66.